The van der Waals surface area contributed by atoms with Gasteiger partial charge >= 0.3 is 6.18 Å². The van der Waals surface area contributed by atoms with Crippen molar-refractivity contribution < 1.29 is 17.9 Å². The largest absolute Gasteiger partial charge is 0.484 e. The molecule has 0 fully saturated rings. The Labute approximate surface area is 160 Å². The zero-order chi connectivity index (χ0) is 19.7. The van der Waals surface area contributed by atoms with Crippen LogP contribution in [0.1, 0.15) is 23.2 Å². The van der Waals surface area contributed by atoms with Crippen molar-refractivity contribution in [3.05, 3.63) is 45.9 Å². The molecule has 2 aromatic rings. The number of benzene rings is 1. The summed E-state index contributed by atoms with van der Waals surface area (Å²) in [5, 5.41) is 9.45. The first kappa shape index (κ1) is 21.0. The molecule has 1 aromatic heterocycles. The van der Waals surface area contributed by atoms with Crippen LogP contribution in [-0.2, 0) is 13.0 Å². The second-order valence-corrected chi connectivity index (χ2v) is 6.84. The van der Waals surface area contributed by atoms with Gasteiger partial charge in [0.05, 0.1) is 17.2 Å². The number of aliphatic imine (C=N–C) groups is 1. The fourth-order valence-electron chi connectivity index (χ4n) is 2.24. The Kier molecular flexibility index (Phi) is 7.90. The molecule has 0 saturated heterocycles. The molecule has 27 heavy (non-hydrogen) atoms. The first-order chi connectivity index (χ1) is 12.9. The molecule has 0 aliphatic rings. The second-order valence-electron chi connectivity index (χ2n) is 5.78. The molecule has 0 aliphatic heterocycles. The van der Waals surface area contributed by atoms with Gasteiger partial charge in [-0.05, 0) is 31.5 Å². The minimum atomic E-state index is -4.36. The molecule has 1 aromatic carbocycles. The normalized spacial score (nSPS) is 12.1. The van der Waals surface area contributed by atoms with Crippen molar-refractivity contribution in [1.29, 1.82) is 0 Å². The summed E-state index contributed by atoms with van der Waals surface area (Å²) < 4.78 is 41.5. The van der Waals surface area contributed by atoms with Crippen molar-refractivity contribution in [2.75, 3.05) is 19.7 Å². The Morgan fingerprint density at radius 1 is 1.30 bits per heavy atom. The highest BCUT2D eigenvalue weighted by Gasteiger charge is 2.28. The molecule has 0 unspecified atom stereocenters. The minimum Gasteiger partial charge on any atom is -0.484 e. The maximum absolute atomic E-state index is 12.3. The highest BCUT2D eigenvalue weighted by Crippen LogP contribution is 2.19. The van der Waals surface area contributed by atoms with Gasteiger partial charge in [0.2, 0.25) is 0 Å². The standard InChI is InChI=1S/C18H23F3N4OS/c1-3-22-17(23-8-7-15-11-27-13(2)25-15)24-10-14-5-4-6-16(9-14)26-12-18(19,20)21/h4-6,9,11H,3,7-8,10,12H2,1-2H3,(H2,22,23,24). The maximum atomic E-state index is 12.3. The van der Waals surface area contributed by atoms with Crippen LogP contribution in [0.25, 0.3) is 0 Å². The summed E-state index contributed by atoms with van der Waals surface area (Å²) in [4.78, 5) is 8.88. The fraction of sp³-hybridized carbons (Fsp3) is 0.444. The van der Waals surface area contributed by atoms with Crippen molar-refractivity contribution in [2.24, 2.45) is 4.99 Å². The monoisotopic (exact) mass is 400 g/mol. The lowest BCUT2D eigenvalue weighted by Crippen LogP contribution is -2.38. The van der Waals surface area contributed by atoms with Crippen molar-refractivity contribution >= 4 is 17.3 Å². The number of thiazole rings is 1. The van der Waals surface area contributed by atoms with Crippen LogP contribution in [0.2, 0.25) is 0 Å². The summed E-state index contributed by atoms with van der Waals surface area (Å²) in [5.41, 5.74) is 1.80. The number of nitrogens with zero attached hydrogens (tertiary/aromatic N) is 2. The van der Waals surface area contributed by atoms with Crippen LogP contribution in [0.4, 0.5) is 13.2 Å². The third kappa shape index (κ3) is 8.29. The molecular formula is C18H23F3N4OS. The van der Waals surface area contributed by atoms with Crippen molar-refractivity contribution in [2.45, 2.75) is 33.0 Å². The predicted octanol–water partition coefficient (Wildman–Crippen LogP) is 3.69. The van der Waals surface area contributed by atoms with E-state index in [-0.39, 0.29) is 5.75 Å². The lowest BCUT2D eigenvalue weighted by atomic mass is 10.2. The van der Waals surface area contributed by atoms with E-state index in [9.17, 15) is 13.2 Å². The minimum absolute atomic E-state index is 0.178. The molecule has 2 N–H and O–H groups in total. The van der Waals surface area contributed by atoms with E-state index < -0.39 is 12.8 Å². The summed E-state index contributed by atoms with van der Waals surface area (Å²) >= 11 is 1.62. The first-order valence-corrected chi connectivity index (χ1v) is 9.45. The van der Waals surface area contributed by atoms with Gasteiger partial charge < -0.3 is 15.4 Å². The van der Waals surface area contributed by atoms with Gasteiger partial charge in [-0.3, -0.25) is 0 Å². The number of nitrogens with one attached hydrogen (secondary N) is 2. The summed E-state index contributed by atoms with van der Waals surface area (Å²) in [5.74, 6) is 0.822. The summed E-state index contributed by atoms with van der Waals surface area (Å²) in [6, 6.07) is 6.52. The Hall–Kier alpha value is -2.29. The molecule has 5 nitrogen and oxygen atoms in total. The van der Waals surface area contributed by atoms with Gasteiger partial charge in [0.15, 0.2) is 12.6 Å². The lowest BCUT2D eigenvalue weighted by Gasteiger charge is -2.12. The maximum Gasteiger partial charge on any atom is 0.422 e. The van der Waals surface area contributed by atoms with Gasteiger partial charge in [-0.2, -0.15) is 13.2 Å². The molecule has 1 heterocycles. The Balaban J connectivity index is 1.89. The van der Waals surface area contributed by atoms with E-state index >= 15 is 0 Å². The van der Waals surface area contributed by atoms with Crippen LogP contribution in [0.5, 0.6) is 5.75 Å². The van der Waals surface area contributed by atoms with E-state index in [1.54, 1.807) is 29.5 Å². The highest BCUT2D eigenvalue weighted by molar-refractivity contribution is 7.09. The number of ether oxygens (including phenoxy) is 1. The molecule has 148 valence electrons. The predicted molar refractivity (Wildman–Crippen MR) is 101 cm³/mol. The van der Waals surface area contributed by atoms with Crippen LogP contribution in [0.15, 0.2) is 34.6 Å². The molecule has 0 spiro atoms. The zero-order valence-corrected chi connectivity index (χ0v) is 16.1. The van der Waals surface area contributed by atoms with Crippen LogP contribution < -0.4 is 15.4 Å². The quantitative estimate of drug-likeness (QED) is 0.524. The average molecular weight is 400 g/mol. The Morgan fingerprint density at radius 2 is 2.11 bits per heavy atom. The third-order valence-corrected chi connectivity index (χ3v) is 4.23. The number of hydrogen-bond acceptors (Lipinski definition) is 4. The molecule has 0 bridgehead atoms. The SMILES string of the molecule is CCNC(=NCc1cccc(OCC(F)(F)F)c1)NCCc1csc(C)n1. The van der Waals surface area contributed by atoms with Gasteiger partial charge in [-0.15, -0.1) is 11.3 Å². The van der Waals surface area contributed by atoms with Gasteiger partial charge in [-0.1, -0.05) is 12.1 Å². The zero-order valence-electron chi connectivity index (χ0n) is 15.3. The van der Waals surface area contributed by atoms with Gasteiger partial charge in [0.1, 0.15) is 5.75 Å². The average Bonchev–Trinajstić information content (AvgIpc) is 3.03. The van der Waals surface area contributed by atoms with E-state index in [4.69, 9.17) is 4.74 Å². The number of aryl methyl sites for hydroxylation is 1. The molecular weight excluding hydrogens is 377 g/mol. The Bertz CT molecular complexity index is 746. The number of rotatable bonds is 8. The summed E-state index contributed by atoms with van der Waals surface area (Å²) in [6.45, 7) is 4.35. The van der Waals surface area contributed by atoms with Gasteiger partial charge in [-0.25, -0.2) is 9.98 Å². The van der Waals surface area contributed by atoms with E-state index in [2.05, 4.69) is 20.6 Å². The highest BCUT2D eigenvalue weighted by atomic mass is 32.1. The molecule has 0 amide bonds. The topological polar surface area (TPSA) is 58.5 Å². The van der Waals surface area contributed by atoms with Crippen molar-refractivity contribution in [3.63, 3.8) is 0 Å². The number of guanidine groups is 1. The van der Waals surface area contributed by atoms with Gasteiger partial charge in [0, 0.05) is 24.9 Å². The van der Waals surface area contributed by atoms with Gasteiger partial charge in [0.25, 0.3) is 0 Å². The van der Waals surface area contributed by atoms with E-state index in [0.29, 0.717) is 25.6 Å². The van der Waals surface area contributed by atoms with E-state index in [1.807, 2.05) is 19.2 Å². The van der Waals surface area contributed by atoms with Crippen molar-refractivity contribution in [3.8, 4) is 5.75 Å². The van der Waals surface area contributed by atoms with Crippen molar-refractivity contribution in [1.82, 2.24) is 15.6 Å². The number of aromatic nitrogens is 1. The molecule has 0 aliphatic carbocycles. The molecule has 0 atom stereocenters. The lowest BCUT2D eigenvalue weighted by molar-refractivity contribution is -0.153. The van der Waals surface area contributed by atoms with E-state index in [0.717, 1.165) is 22.7 Å². The molecule has 0 radical (unpaired) electrons. The molecule has 2 rings (SSSR count). The first-order valence-electron chi connectivity index (χ1n) is 8.57. The Morgan fingerprint density at radius 3 is 2.78 bits per heavy atom. The number of alkyl halides is 3. The second kappa shape index (κ2) is 10.1. The van der Waals surface area contributed by atoms with Crippen LogP contribution in [0.3, 0.4) is 0 Å². The fourth-order valence-corrected chi connectivity index (χ4v) is 2.89. The number of hydrogen-bond donors (Lipinski definition) is 2. The summed E-state index contributed by atoms with van der Waals surface area (Å²) in [6.07, 6.45) is -3.57. The summed E-state index contributed by atoms with van der Waals surface area (Å²) in [7, 11) is 0. The smallest absolute Gasteiger partial charge is 0.422 e. The molecule has 9 heteroatoms. The van der Waals surface area contributed by atoms with Crippen LogP contribution in [0, 0.1) is 6.92 Å². The van der Waals surface area contributed by atoms with Crippen LogP contribution in [-0.4, -0.2) is 36.8 Å². The molecule has 0 saturated carbocycles. The number of halogens is 3. The third-order valence-electron chi connectivity index (χ3n) is 3.41. The van der Waals surface area contributed by atoms with Crippen LogP contribution >= 0.6 is 11.3 Å². The van der Waals surface area contributed by atoms with E-state index in [1.165, 1.54) is 6.07 Å².